The first-order chi connectivity index (χ1) is 32.0. The van der Waals surface area contributed by atoms with Gasteiger partial charge in [0.25, 0.3) is 0 Å². The largest absolute Gasteiger partial charge is 0.472 e. The fraction of sp³-hybridized carbons (Fsp3) is 0.643. The summed E-state index contributed by atoms with van der Waals surface area (Å²) in [6.45, 7) is 4.22. The van der Waals surface area contributed by atoms with Gasteiger partial charge in [-0.3, -0.25) is 18.6 Å². The average molecular weight is 941 g/mol. The van der Waals surface area contributed by atoms with E-state index in [-0.39, 0.29) is 26.1 Å². The van der Waals surface area contributed by atoms with Gasteiger partial charge in [0.05, 0.1) is 27.7 Å². The number of allylic oxidation sites excluding steroid dienone is 18. The molecule has 1 N–H and O–H groups in total. The molecule has 10 heteroatoms. The summed E-state index contributed by atoms with van der Waals surface area (Å²) in [5, 5.41) is 0. The van der Waals surface area contributed by atoms with Crippen molar-refractivity contribution >= 4 is 19.8 Å². The molecule has 376 valence electrons. The summed E-state index contributed by atoms with van der Waals surface area (Å²) in [6, 6.07) is 0. The van der Waals surface area contributed by atoms with Crippen LogP contribution in [0.5, 0.6) is 0 Å². The van der Waals surface area contributed by atoms with Gasteiger partial charge >= 0.3 is 19.8 Å². The number of quaternary nitrogens is 1. The van der Waals surface area contributed by atoms with Crippen LogP contribution in [-0.4, -0.2) is 74.9 Å². The number of carbonyl (C=O) groups excluding carboxylic acids is 2. The number of likely N-dealkylation sites (N-methyl/N-ethyl adjacent to an activating group) is 1. The number of carbonyl (C=O) groups is 2. The van der Waals surface area contributed by atoms with Crippen molar-refractivity contribution in [1.29, 1.82) is 0 Å². The van der Waals surface area contributed by atoms with Crippen LogP contribution in [0.3, 0.4) is 0 Å². The topological polar surface area (TPSA) is 108 Å². The third-order valence-corrected chi connectivity index (χ3v) is 11.3. The molecule has 0 fully saturated rings. The second kappa shape index (κ2) is 46.8. The second-order valence-corrected chi connectivity index (χ2v) is 19.3. The van der Waals surface area contributed by atoms with Crippen LogP contribution >= 0.6 is 7.82 Å². The van der Waals surface area contributed by atoms with E-state index in [9.17, 15) is 19.0 Å². The van der Waals surface area contributed by atoms with Crippen LogP contribution in [0, 0.1) is 0 Å². The lowest BCUT2D eigenvalue weighted by Gasteiger charge is -2.24. The molecule has 0 saturated heterocycles. The first-order valence-corrected chi connectivity index (χ1v) is 27.1. The summed E-state index contributed by atoms with van der Waals surface area (Å²) >= 11 is 0. The van der Waals surface area contributed by atoms with Crippen LogP contribution in [0.1, 0.15) is 181 Å². The zero-order chi connectivity index (χ0) is 48.5. The molecule has 2 atom stereocenters. The van der Waals surface area contributed by atoms with E-state index in [0.29, 0.717) is 23.9 Å². The lowest BCUT2D eigenvalue weighted by molar-refractivity contribution is -0.870. The Balaban J connectivity index is 4.34. The average Bonchev–Trinajstić information content (AvgIpc) is 3.27. The SMILES string of the molecule is CC/C=C\C/C=C\C/C=C\C/C=C\C/C=C\C/C=C\C/C=C\CCCCCCCC(=O)OC(COC(=O)CCCCCCC/C=C\C/C=C\CCCCC)COP(=O)(O)OCC[N+](C)(C)C. The van der Waals surface area contributed by atoms with Gasteiger partial charge in [0.2, 0.25) is 0 Å². The molecule has 66 heavy (non-hydrogen) atoms. The Labute approximate surface area is 404 Å². The molecule has 0 aliphatic carbocycles. The molecule has 0 aromatic carbocycles. The van der Waals surface area contributed by atoms with Crippen LogP contribution in [0.4, 0.5) is 0 Å². The molecule has 0 bridgehead atoms. The van der Waals surface area contributed by atoms with Crippen LogP contribution in [0.25, 0.3) is 0 Å². The normalized spacial score (nSPS) is 14.3. The fourth-order valence-corrected chi connectivity index (χ4v) is 7.06. The van der Waals surface area contributed by atoms with Gasteiger partial charge in [0.15, 0.2) is 6.10 Å². The summed E-state index contributed by atoms with van der Waals surface area (Å²) in [6.07, 6.45) is 64.2. The summed E-state index contributed by atoms with van der Waals surface area (Å²) < 4.78 is 34.4. The van der Waals surface area contributed by atoms with Crippen molar-refractivity contribution in [2.75, 3.05) is 47.5 Å². The Hall–Kier alpha value is -3.33. The second-order valence-electron chi connectivity index (χ2n) is 17.8. The predicted molar refractivity (Wildman–Crippen MR) is 279 cm³/mol. The first-order valence-electron chi connectivity index (χ1n) is 25.6. The number of hydrogen-bond acceptors (Lipinski definition) is 7. The molecule has 0 saturated carbocycles. The summed E-state index contributed by atoms with van der Waals surface area (Å²) in [4.78, 5) is 35.5. The van der Waals surface area contributed by atoms with Gasteiger partial charge in [0, 0.05) is 12.8 Å². The molecule has 0 amide bonds. The standard InChI is InChI=1S/C56H94NO8P/c1-6-8-10-12-14-16-18-20-22-23-24-25-26-27-28-29-30-31-32-33-35-37-39-41-43-45-47-49-56(59)65-54(53-64-66(60,61)63-51-50-57(3,4)5)52-62-55(58)48-46-44-42-40-38-36-34-21-19-17-15-13-11-9-7-2/h8,10,14-17,20-22,24-25,27-28,30-31,33-35,54H,6-7,9,11-13,18-19,23,26,29,32,36-53H2,1-5H3/p+1/b10-8-,16-14-,17-15-,22-20-,25-24-,28-27-,31-30-,34-21-,35-33-. The highest BCUT2D eigenvalue weighted by molar-refractivity contribution is 7.47. The molecule has 0 aliphatic rings. The van der Waals surface area contributed by atoms with E-state index in [2.05, 4.69) is 123 Å². The van der Waals surface area contributed by atoms with Crippen molar-refractivity contribution in [3.63, 3.8) is 0 Å². The van der Waals surface area contributed by atoms with E-state index >= 15 is 0 Å². The zero-order valence-electron chi connectivity index (χ0n) is 42.4. The van der Waals surface area contributed by atoms with Crippen LogP contribution in [0.15, 0.2) is 109 Å². The molecule has 9 nitrogen and oxygen atoms in total. The van der Waals surface area contributed by atoms with E-state index in [1.54, 1.807) is 0 Å². The van der Waals surface area contributed by atoms with E-state index in [1.165, 1.54) is 25.7 Å². The third kappa shape index (κ3) is 50.1. The van der Waals surface area contributed by atoms with Gasteiger partial charge in [-0.1, -0.05) is 175 Å². The van der Waals surface area contributed by atoms with Crippen molar-refractivity contribution in [1.82, 2.24) is 0 Å². The van der Waals surface area contributed by atoms with Gasteiger partial charge in [0.1, 0.15) is 19.8 Å². The molecule has 0 radical (unpaired) electrons. The first kappa shape index (κ1) is 62.7. The Morgan fingerprint density at radius 2 is 0.864 bits per heavy atom. The van der Waals surface area contributed by atoms with Crippen molar-refractivity contribution in [3.8, 4) is 0 Å². The number of phosphoric ester groups is 1. The maximum absolute atomic E-state index is 12.8. The maximum atomic E-state index is 12.8. The quantitative estimate of drug-likeness (QED) is 0.0211. The number of rotatable bonds is 45. The maximum Gasteiger partial charge on any atom is 0.472 e. The number of unbranched alkanes of at least 4 members (excludes halogenated alkanes) is 13. The minimum Gasteiger partial charge on any atom is -0.462 e. The van der Waals surface area contributed by atoms with E-state index in [0.717, 1.165) is 116 Å². The smallest absolute Gasteiger partial charge is 0.462 e. The van der Waals surface area contributed by atoms with E-state index in [1.807, 2.05) is 21.1 Å². The Bertz CT molecular complexity index is 1480. The molecule has 0 spiro atoms. The fourth-order valence-electron chi connectivity index (χ4n) is 6.32. The molecular formula is C56H95NO8P+. The molecule has 2 unspecified atom stereocenters. The lowest BCUT2D eigenvalue weighted by Crippen LogP contribution is -2.37. The molecular weight excluding hydrogens is 846 g/mol. The van der Waals surface area contributed by atoms with Gasteiger partial charge in [-0.15, -0.1) is 0 Å². The summed E-state index contributed by atoms with van der Waals surface area (Å²) in [7, 11) is 1.44. The van der Waals surface area contributed by atoms with E-state index < -0.39 is 32.5 Å². The van der Waals surface area contributed by atoms with Gasteiger partial charge < -0.3 is 18.9 Å². The highest BCUT2D eigenvalue weighted by Gasteiger charge is 2.27. The summed E-state index contributed by atoms with van der Waals surface area (Å²) in [5.74, 6) is -0.846. The van der Waals surface area contributed by atoms with E-state index in [4.69, 9.17) is 18.5 Å². The highest BCUT2D eigenvalue weighted by Crippen LogP contribution is 2.43. The summed E-state index contributed by atoms with van der Waals surface area (Å²) in [5.41, 5.74) is 0. The van der Waals surface area contributed by atoms with Crippen LogP contribution in [0.2, 0.25) is 0 Å². The van der Waals surface area contributed by atoms with Crippen LogP contribution in [-0.2, 0) is 32.7 Å². The van der Waals surface area contributed by atoms with Crippen molar-refractivity contribution in [2.24, 2.45) is 0 Å². The third-order valence-electron chi connectivity index (χ3n) is 10.3. The molecule has 0 heterocycles. The number of esters is 2. The Morgan fingerprint density at radius 3 is 1.29 bits per heavy atom. The Morgan fingerprint density at radius 1 is 0.485 bits per heavy atom. The van der Waals surface area contributed by atoms with Gasteiger partial charge in [-0.25, -0.2) is 4.57 Å². The zero-order valence-corrected chi connectivity index (χ0v) is 43.3. The molecule has 0 rings (SSSR count). The van der Waals surface area contributed by atoms with Gasteiger partial charge in [-0.05, 0) is 103 Å². The minimum atomic E-state index is -4.40. The number of phosphoric acid groups is 1. The number of nitrogens with zero attached hydrogens (tertiary/aromatic N) is 1. The van der Waals surface area contributed by atoms with Crippen molar-refractivity contribution < 1.29 is 42.1 Å². The van der Waals surface area contributed by atoms with Gasteiger partial charge in [-0.2, -0.15) is 0 Å². The van der Waals surface area contributed by atoms with Crippen molar-refractivity contribution in [2.45, 2.75) is 187 Å². The number of ether oxygens (including phenoxy) is 2. The minimum absolute atomic E-state index is 0.0187. The number of hydrogen-bond donors (Lipinski definition) is 1. The predicted octanol–water partition coefficient (Wildman–Crippen LogP) is 15.5. The van der Waals surface area contributed by atoms with Crippen molar-refractivity contribution in [3.05, 3.63) is 109 Å². The Kier molecular flexibility index (Phi) is 44.4. The molecule has 0 aromatic rings. The molecule has 0 aromatic heterocycles. The molecule has 0 aliphatic heterocycles. The van der Waals surface area contributed by atoms with Crippen LogP contribution < -0.4 is 0 Å². The monoisotopic (exact) mass is 941 g/mol. The lowest BCUT2D eigenvalue weighted by atomic mass is 10.1. The highest BCUT2D eigenvalue weighted by atomic mass is 31.2.